The van der Waals surface area contributed by atoms with Crippen LogP contribution in [0.1, 0.15) is 33.6 Å². The van der Waals surface area contributed by atoms with E-state index < -0.39 is 5.91 Å². The van der Waals surface area contributed by atoms with Crippen molar-refractivity contribution in [2.45, 2.75) is 12.8 Å². The molecule has 3 rings (SSSR count). The number of carbonyl (C=O) groups is 2. The van der Waals surface area contributed by atoms with Crippen molar-refractivity contribution < 1.29 is 9.59 Å². The molecule has 0 unspecified atom stereocenters. The molecule has 1 heterocycles. The summed E-state index contributed by atoms with van der Waals surface area (Å²) in [6.45, 7) is 1.62. The fourth-order valence-electron chi connectivity index (χ4n) is 2.81. The molecule has 2 amide bonds. The largest absolute Gasteiger partial charge is 0.339 e. The number of amides is 2. The van der Waals surface area contributed by atoms with E-state index in [-0.39, 0.29) is 21.6 Å². The Kier molecular flexibility index (Phi) is 6.31. The lowest BCUT2D eigenvalue weighted by molar-refractivity contribution is 0.0792. The zero-order valence-corrected chi connectivity index (χ0v) is 16.6. The molecule has 0 saturated carbocycles. The Bertz CT molecular complexity index is 881. The minimum atomic E-state index is -0.435. The maximum atomic E-state index is 12.3. The fourth-order valence-corrected chi connectivity index (χ4v) is 3.51. The number of nitrogens with zero attached hydrogens (tertiary/aromatic N) is 1. The zero-order chi connectivity index (χ0) is 19.4. The van der Waals surface area contributed by atoms with Crippen LogP contribution in [0.5, 0.6) is 0 Å². The summed E-state index contributed by atoms with van der Waals surface area (Å²) in [5, 5.41) is 6.30. The van der Waals surface area contributed by atoms with E-state index in [4.69, 9.17) is 35.4 Å². The van der Waals surface area contributed by atoms with Gasteiger partial charge in [0, 0.05) is 29.4 Å². The molecule has 2 aromatic rings. The van der Waals surface area contributed by atoms with Gasteiger partial charge in [-0.15, -0.1) is 0 Å². The van der Waals surface area contributed by atoms with E-state index in [1.54, 1.807) is 30.3 Å². The van der Waals surface area contributed by atoms with Crippen LogP contribution < -0.4 is 10.6 Å². The molecule has 0 atom stereocenters. The predicted molar refractivity (Wildman–Crippen MR) is 112 cm³/mol. The first-order valence-corrected chi connectivity index (χ1v) is 9.57. The fraction of sp³-hybridized carbons (Fsp3) is 0.211. The molecule has 2 N–H and O–H groups in total. The first-order chi connectivity index (χ1) is 12.9. The maximum absolute atomic E-state index is 12.3. The van der Waals surface area contributed by atoms with Gasteiger partial charge in [0.1, 0.15) is 0 Å². The Morgan fingerprint density at radius 1 is 1.00 bits per heavy atom. The molecule has 0 aliphatic carbocycles. The molecule has 5 nitrogen and oxygen atoms in total. The van der Waals surface area contributed by atoms with Crippen LogP contribution in [0, 0.1) is 0 Å². The summed E-state index contributed by atoms with van der Waals surface area (Å²) in [5.41, 5.74) is 1.57. The third kappa shape index (κ3) is 4.97. The zero-order valence-electron chi connectivity index (χ0n) is 14.3. The summed E-state index contributed by atoms with van der Waals surface area (Å²) in [5.74, 6) is -0.401. The summed E-state index contributed by atoms with van der Waals surface area (Å²) < 4.78 is 0. The Morgan fingerprint density at radius 2 is 1.67 bits per heavy atom. The Labute approximate surface area is 172 Å². The van der Waals surface area contributed by atoms with Crippen LogP contribution >= 0.6 is 35.4 Å². The van der Waals surface area contributed by atoms with E-state index >= 15 is 0 Å². The number of benzene rings is 2. The molecule has 1 saturated heterocycles. The molecule has 2 aromatic carbocycles. The molecule has 0 bridgehead atoms. The minimum Gasteiger partial charge on any atom is -0.339 e. The molecule has 1 aliphatic rings. The first kappa shape index (κ1) is 19.6. The molecule has 1 fully saturated rings. The van der Waals surface area contributed by atoms with E-state index in [2.05, 4.69) is 10.6 Å². The SMILES string of the molecule is O=C(NC(=S)Nc1ccc(C(=O)N2CCCC2)cc1)c1ccc(Cl)cc1Cl. The predicted octanol–water partition coefficient (Wildman–Crippen LogP) is 4.36. The van der Waals surface area contributed by atoms with Crippen molar-refractivity contribution in [2.75, 3.05) is 18.4 Å². The lowest BCUT2D eigenvalue weighted by Gasteiger charge is -2.15. The van der Waals surface area contributed by atoms with Gasteiger partial charge in [0.2, 0.25) is 0 Å². The molecule has 140 valence electrons. The van der Waals surface area contributed by atoms with Crippen molar-refractivity contribution >= 4 is 58.0 Å². The van der Waals surface area contributed by atoms with Crippen LogP contribution in [0.3, 0.4) is 0 Å². The first-order valence-electron chi connectivity index (χ1n) is 8.41. The molecule has 27 heavy (non-hydrogen) atoms. The maximum Gasteiger partial charge on any atom is 0.258 e. The molecule has 0 aromatic heterocycles. The van der Waals surface area contributed by atoms with E-state index in [1.165, 1.54) is 12.1 Å². The summed E-state index contributed by atoms with van der Waals surface area (Å²) in [7, 11) is 0. The van der Waals surface area contributed by atoms with Gasteiger partial charge in [0.05, 0.1) is 10.6 Å². The number of hydrogen-bond donors (Lipinski definition) is 2. The molecular formula is C19H17Cl2N3O2S. The highest BCUT2D eigenvalue weighted by molar-refractivity contribution is 7.80. The summed E-state index contributed by atoms with van der Waals surface area (Å²) in [6.07, 6.45) is 2.11. The van der Waals surface area contributed by atoms with E-state index in [0.29, 0.717) is 16.3 Å². The standard InChI is InChI=1S/C19H17Cl2N3O2S/c20-13-5-8-15(16(21)11-13)17(25)23-19(27)22-14-6-3-12(4-7-14)18(26)24-9-1-2-10-24/h3-8,11H,1-2,9-10H2,(H2,22,23,25,27). The average Bonchev–Trinajstić information content (AvgIpc) is 3.16. The number of rotatable bonds is 3. The Hall–Kier alpha value is -2.15. The van der Waals surface area contributed by atoms with Crippen molar-refractivity contribution in [2.24, 2.45) is 0 Å². The van der Waals surface area contributed by atoms with Gasteiger partial charge in [0.25, 0.3) is 11.8 Å². The van der Waals surface area contributed by atoms with E-state index in [9.17, 15) is 9.59 Å². The van der Waals surface area contributed by atoms with Crippen LogP contribution in [0.15, 0.2) is 42.5 Å². The molecule has 0 radical (unpaired) electrons. The number of halogens is 2. The van der Waals surface area contributed by atoms with Crippen LogP contribution in [-0.4, -0.2) is 34.9 Å². The van der Waals surface area contributed by atoms with Crippen molar-refractivity contribution in [1.29, 1.82) is 0 Å². The average molecular weight is 422 g/mol. The normalized spacial score (nSPS) is 13.3. The van der Waals surface area contributed by atoms with E-state index in [1.807, 2.05) is 4.90 Å². The van der Waals surface area contributed by atoms with Crippen LogP contribution in [-0.2, 0) is 0 Å². The second kappa shape index (κ2) is 8.69. The quantitative estimate of drug-likeness (QED) is 0.722. The van der Waals surface area contributed by atoms with Gasteiger partial charge in [-0.25, -0.2) is 0 Å². The third-order valence-corrected chi connectivity index (χ3v) is 4.94. The van der Waals surface area contributed by atoms with Crippen LogP contribution in [0.2, 0.25) is 10.0 Å². The molecule has 0 spiro atoms. The van der Waals surface area contributed by atoms with Crippen LogP contribution in [0.25, 0.3) is 0 Å². The van der Waals surface area contributed by atoms with Crippen molar-refractivity contribution in [1.82, 2.24) is 10.2 Å². The lowest BCUT2D eigenvalue weighted by atomic mass is 10.2. The highest BCUT2D eigenvalue weighted by Gasteiger charge is 2.19. The summed E-state index contributed by atoms with van der Waals surface area (Å²) in [6, 6.07) is 11.6. The van der Waals surface area contributed by atoms with Gasteiger partial charge in [-0.1, -0.05) is 23.2 Å². The summed E-state index contributed by atoms with van der Waals surface area (Å²) in [4.78, 5) is 26.4. The topological polar surface area (TPSA) is 61.4 Å². The number of carbonyl (C=O) groups excluding carboxylic acids is 2. The Morgan fingerprint density at radius 3 is 2.30 bits per heavy atom. The molecule has 1 aliphatic heterocycles. The smallest absolute Gasteiger partial charge is 0.258 e. The molecule has 8 heteroatoms. The van der Waals surface area contributed by atoms with Gasteiger partial charge < -0.3 is 10.2 Å². The van der Waals surface area contributed by atoms with Crippen molar-refractivity contribution in [3.63, 3.8) is 0 Å². The summed E-state index contributed by atoms with van der Waals surface area (Å²) >= 11 is 17.0. The van der Waals surface area contributed by atoms with Gasteiger partial charge in [-0.3, -0.25) is 14.9 Å². The van der Waals surface area contributed by atoms with Gasteiger partial charge in [-0.2, -0.15) is 0 Å². The lowest BCUT2D eigenvalue weighted by Crippen LogP contribution is -2.34. The van der Waals surface area contributed by atoms with E-state index in [0.717, 1.165) is 25.9 Å². The highest BCUT2D eigenvalue weighted by Crippen LogP contribution is 2.21. The van der Waals surface area contributed by atoms with Gasteiger partial charge in [0.15, 0.2) is 5.11 Å². The number of thiocarbonyl (C=S) groups is 1. The third-order valence-electron chi connectivity index (χ3n) is 4.19. The van der Waals surface area contributed by atoms with Gasteiger partial charge >= 0.3 is 0 Å². The Balaban J connectivity index is 1.59. The van der Waals surface area contributed by atoms with Crippen LogP contribution in [0.4, 0.5) is 5.69 Å². The number of hydrogen-bond acceptors (Lipinski definition) is 3. The monoisotopic (exact) mass is 421 g/mol. The second-order valence-electron chi connectivity index (χ2n) is 6.11. The second-order valence-corrected chi connectivity index (χ2v) is 7.36. The number of nitrogens with one attached hydrogen (secondary N) is 2. The minimum absolute atomic E-state index is 0.0345. The van der Waals surface area contributed by atoms with Crippen molar-refractivity contribution in [3.05, 3.63) is 63.6 Å². The number of likely N-dealkylation sites (tertiary alicyclic amines) is 1. The number of anilines is 1. The van der Waals surface area contributed by atoms with Gasteiger partial charge in [-0.05, 0) is 67.5 Å². The highest BCUT2D eigenvalue weighted by atomic mass is 35.5. The van der Waals surface area contributed by atoms with Crippen molar-refractivity contribution in [3.8, 4) is 0 Å². The molecular weight excluding hydrogens is 405 g/mol.